The maximum absolute atomic E-state index is 11.2. The maximum Gasteiger partial charge on any atom is 0.307 e. The molecule has 1 saturated carbocycles. The van der Waals surface area contributed by atoms with Crippen LogP contribution in [0.4, 0.5) is 0 Å². The molecule has 0 radical (unpaired) electrons. The summed E-state index contributed by atoms with van der Waals surface area (Å²) in [6.07, 6.45) is 5.51. The van der Waals surface area contributed by atoms with Gasteiger partial charge in [0.25, 0.3) is 0 Å². The summed E-state index contributed by atoms with van der Waals surface area (Å²) in [4.78, 5) is 15.8. The van der Waals surface area contributed by atoms with E-state index in [1.54, 1.807) is 0 Å². The first-order valence-electron chi connectivity index (χ1n) is 6.30. The Bertz CT molecular complexity index is 452. The van der Waals surface area contributed by atoms with Crippen molar-refractivity contribution < 1.29 is 9.90 Å². The van der Waals surface area contributed by atoms with Crippen molar-refractivity contribution in [1.29, 1.82) is 0 Å². The number of aliphatic carboxylic acids is 1. The fourth-order valence-electron chi connectivity index (χ4n) is 3.24. The predicted octanol–water partition coefficient (Wildman–Crippen LogP) is 2.04. The van der Waals surface area contributed by atoms with E-state index < -0.39 is 5.97 Å². The van der Waals surface area contributed by atoms with Crippen molar-refractivity contribution in [2.45, 2.75) is 45.6 Å². The van der Waals surface area contributed by atoms with Crippen LogP contribution < -0.4 is 0 Å². The number of carboxylic acid groups (broad SMARTS) is 1. The molecule has 3 rings (SSSR count). The minimum absolute atomic E-state index is 0.0955. The molecule has 1 N–H and O–H groups in total. The van der Waals surface area contributed by atoms with Crippen LogP contribution in [0.1, 0.15) is 44.1 Å². The molecule has 4 heteroatoms. The number of nitrogens with zero attached hydrogens (tertiary/aromatic N) is 2. The zero-order valence-corrected chi connectivity index (χ0v) is 10.3. The molecule has 2 atom stereocenters. The third-order valence-electron chi connectivity index (χ3n) is 4.34. The summed E-state index contributed by atoms with van der Waals surface area (Å²) in [5.41, 5.74) is 0.843. The van der Waals surface area contributed by atoms with Crippen LogP contribution >= 0.6 is 0 Å². The molecular formula is C13H18N2O2. The Hall–Kier alpha value is -1.32. The van der Waals surface area contributed by atoms with E-state index in [-0.39, 0.29) is 17.3 Å². The zero-order chi connectivity index (χ0) is 12.2. The number of carboxylic acids is 1. The number of aromatic nitrogens is 2. The second-order valence-corrected chi connectivity index (χ2v) is 5.85. The van der Waals surface area contributed by atoms with Gasteiger partial charge in [-0.2, -0.15) is 0 Å². The molecule has 2 unspecified atom stereocenters. The Kier molecular flexibility index (Phi) is 2.12. The van der Waals surface area contributed by atoms with Gasteiger partial charge in [0.1, 0.15) is 5.82 Å². The van der Waals surface area contributed by atoms with Gasteiger partial charge in [0.15, 0.2) is 0 Å². The highest BCUT2D eigenvalue weighted by Crippen LogP contribution is 2.64. The zero-order valence-electron chi connectivity index (χ0n) is 10.3. The quantitative estimate of drug-likeness (QED) is 0.852. The van der Waals surface area contributed by atoms with Gasteiger partial charge in [0, 0.05) is 25.1 Å². The molecule has 4 nitrogen and oxygen atoms in total. The van der Waals surface area contributed by atoms with Gasteiger partial charge in [-0.25, -0.2) is 4.98 Å². The third kappa shape index (κ3) is 1.50. The number of imidazole rings is 1. The van der Waals surface area contributed by atoms with E-state index in [0.29, 0.717) is 0 Å². The Morgan fingerprint density at radius 3 is 2.88 bits per heavy atom. The molecule has 1 aliphatic carbocycles. The first kappa shape index (κ1) is 10.8. The lowest BCUT2D eigenvalue weighted by Gasteiger charge is -2.11. The van der Waals surface area contributed by atoms with Gasteiger partial charge in [-0.15, -0.1) is 0 Å². The third-order valence-corrected chi connectivity index (χ3v) is 4.34. The van der Waals surface area contributed by atoms with Crippen molar-refractivity contribution in [1.82, 2.24) is 9.55 Å². The normalized spacial score (nSPS) is 29.8. The van der Waals surface area contributed by atoms with Crippen LogP contribution in [0.3, 0.4) is 0 Å². The Labute approximate surface area is 101 Å². The predicted molar refractivity (Wildman–Crippen MR) is 62.8 cm³/mol. The molecule has 0 spiro atoms. The van der Waals surface area contributed by atoms with Crippen molar-refractivity contribution in [2.75, 3.05) is 0 Å². The average Bonchev–Trinajstić information content (AvgIpc) is 2.68. The second kappa shape index (κ2) is 3.34. The van der Waals surface area contributed by atoms with Gasteiger partial charge >= 0.3 is 5.97 Å². The van der Waals surface area contributed by atoms with Gasteiger partial charge < -0.3 is 9.67 Å². The summed E-state index contributed by atoms with van der Waals surface area (Å²) < 4.78 is 2.20. The minimum atomic E-state index is -0.689. The second-order valence-electron chi connectivity index (χ2n) is 5.85. The summed E-state index contributed by atoms with van der Waals surface area (Å²) in [6, 6.07) is 0. The molecule has 1 aromatic rings. The Morgan fingerprint density at radius 1 is 1.53 bits per heavy atom. The summed E-state index contributed by atoms with van der Waals surface area (Å²) in [5.74, 6) is 0.279. The van der Waals surface area contributed by atoms with Crippen molar-refractivity contribution in [2.24, 2.45) is 11.3 Å². The first-order chi connectivity index (χ1) is 8.01. The topological polar surface area (TPSA) is 55.1 Å². The van der Waals surface area contributed by atoms with E-state index in [4.69, 9.17) is 0 Å². The Morgan fingerprint density at radius 2 is 2.29 bits per heavy atom. The average molecular weight is 234 g/mol. The molecule has 1 fully saturated rings. The van der Waals surface area contributed by atoms with Crippen LogP contribution in [-0.2, 0) is 17.8 Å². The van der Waals surface area contributed by atoms with Crippen LogP contribution in [0.25, 0.3) is 0 Å². The lowest BCUT2D eigenvalue weighted by molar-refractivity contribution is -0.139. The van der Waals surface area contributed by atoms with Crippen molar-refractivity contribution in [3.05, 3.63) is 17.7 Å². The minimum Gasteiger partial charge on any atom is -0.481 e. The van der Waals surface area contributed by atoms with Gasteiger partial charge in [0.05, 0.1) is 11.6 Å². The van der Waals surface area contributed by atoms with Crippen LogP contribution in [-0.4, -0.2) is 20.6 Å². The fraction of sp³-hybridized carbons (Fsp3) is 0.692. The van der Waals surface area contributed by atoms with E-state index in [9.17, 15) is 9.90 Å². The van der Waals surface area contributed by atoms with Gasteiger partial charge in [0.2, 0.25) is 0 Å². The number of aryl methyl sites for hydroxylation is 2. The molecule has 0 saturated heterocycles. The molecule has 2 heterocycles. The molecule has 92 valence electrons. The largest absolute Gasteiger partial charge is 0.481 e. The number of hydrogen-bond donors (Lipinski definition) is 1. The van der Waals surface area contributed by atoms with Crippen LogP contribution in [0.15, 0.2) is 6.20 Å². The van der Waals surface area contributed by atoms with E-state index in [0.717, 1.165) is 24.5 Å². The number of hydrogen-bond acceptors (Lipinski definition) is 2. The van der Waals surface area contributed by atoms with Crippen LogP contribution in [0.5, 0.6) is 0 Å². The van der Waals surface area contributed by atoms with E-state index in [2.05, 4.69) is 15.7 Å². The Balaban J connectivity index is 1.91. The summed E-state index contributed by atoms with van der Waals surface area (Å²) in [6.45, 7) is 5.08. The SMILES string of the molecule is CC1(C)C(C(=O)O)C1c1cn2c(n1)CCCC2. The fourth-order valence-corrected chi connectivity index (χ4v) is 3.24. The molecule has 2 aliphatic rings. The number of fused-ring (bicyclic) bond motifs is 1. The standard InChI is InChI=1S/C13H18N2O2/c1-13(2)10(11(13)12(16)17)8-7-15-6-4-3-5-9(15)14-8/h7,10-11H,3-6H2,1-2H3,(H,16,17). The molecule has 0 aromatic carbocycles. The van der Waals surface area contributed by atoms with E-state index >= 15 is 0 Å². The first-order valence-corrected chi connectivity index (χ1v) is 6.30. The van der Waals surface area contributed by atoms with Crippen LogP contribution in [0, 0.1) is 11.3 Å². The summed E-state index contributed by atoms with van der Waals surface area (Å²) >= 11 is 0. The van der Waals surface area contributed by atoms with E-state index in [1.807, 2.05) is 13.8 Å². The van der Waals surface area contributed by atoms with Crippen molar-refractivity contribution in [3.8, 4) is 0 Å². The molecular weight excluding hydrogens is 216 g/mol. The van der Waals surface area contributed by atoms with E-state index in [1.165, 1.54) is 12.8 Å². The molecule has 0 bridgehead atoms. The number of carbonyl (C=O) groups is 1. The lowest BCUT2D eigenvalue weighted by Crippen LogP contribution is -2.08. The highest BCUT2D eigenvalue weighted by molar-refractivity contribution is 5.77. The summed E-state index contributed by atoms with van der Waals surface area (Å²) in [7, 11) is 0. The smallest absolute Gasteiger partial charge is 0.307 e. The molecule has 1 aliphatic heterocycles. The lowest BCUT2D eigenvalue weighted by atomic mass is 10.1. The van der Waals surface area contributed by atoms with Crippen LogP contribution in [0.2, 0.25) is 0 Å². The van der Waals surface area contributed by atoms with Crippen molar-refractivity contribution >= 4 is 5.97 Å². The highest BCUT2D eigenvalue weighted by atomic mass is 16.4. The number of rotatable bonds is 2. The van der Waals surface area contributed by atoms with Crippen molar-refractivity contribution in [3.63, 3.8) is 0 Å². The molecule has 0 amide bonds. The monoisotopic (exact) mass is 234 g/mol. The summed E-state index contributed by atoms with van der Waals surface area (Å²) in [5, 5.41) is 9.19. The highest BCUT2D eigenvalue weighted by Gasteiger charge is 2.63. The maximum atomic E-state index is 11.2. The van der Waals surface area contributed by atoms with Gasteiger partial charge in [-0.1, -0.05) is 13.8 Å². The van der Waals surface area contributed by atoms with Gasteiger partial charge in [-0.3, -0.25) is 4.79 Å². The molecule has 1 aromatic heterocycles. The molecule has 17 heavy (non-hydrogen) atoms. The van der Waals surface area contributed by atoms with Gasteiger partial charge in [-0.05, 0) is 18.3 Å².